The number of hydrogen-bond acceptors (Lipinski definition) is 4. The average Bonchev–Trinajstić information content (AvgIpc) is 2.64. The molecule has 0 bridgehead atoms. The lowest BCUT2D eigenvalue weighted by molar-refractivity contribution is 0.262. The summed E-state index contributed by atoms with van der Waals surface area (Å²) in [6.45, 7) is 1.39. The molecule has 7 heteroatoms. The smallest absolute Gasteiger partial charge is 0.323 e. The fraction of sp³-hybridized carbons (Fsp3) is 0.278. The number of hydrogen-bond donors (Lipinski definition) is 3. The summed E-state index contributed by atoms with van der Waals surface area (Å²) in [7, 11) is 1.60. The molecule has 2 aromatic rings. The predicted molar refractivity (Wildman–Crippen MR) is 99.2 cm³/mol. The van der Waals surface area contributed by atoms with E-state index in [1.807, 2.05) is 18.4 Å². The summed E-state index contributed by atoms with van der Waals surface area (Å²) >= 11 is 1.52. The van der Waals surface area contributed by atoms with Gasteiger partial charge in [-0.3, -0.25) is 0 Å². The van der Waals surface area contributed by atoms with E-state index in [-0.39, 0.29) is 11.5 Å². The third-order valence-electron chi connectivity index (χ3n) is 4.10. The Hall–Kier alpha value is -2.25. The first kappa shape index (κ1) is 17.6. The number of halogens is 1. The molecule has 132 valence electrons. The normalized spacial score (nSPS) is 13.1. The van der Waals surface area contributed by atoms with E-state index in [0.29, 0.717) is 24.2 Å². The number of ether oxygens (including phenoxy) is 1. The number of benzene rings is 2. The molecule has 1 aliphatic rings. The number of methoxy groups -OCH3 is 1. The number of fused-ring (bicyclic) bond motifs is 1. The lowest BCUT2D eigenvalue weighted by Crippen LogP contribution is -2.26. The van der Waals surface area contributed by atoms with Gasteiger partial charge in [-0.1, -0.05) is 6.07 Å². The summed E-state index contributed by atoms with van der Waals surface area (Å²) in [5.74, 6) is 0.390. The first-order valence-electron chi connectivity index (χ1n) is 7.93. The summed E-state index contributed by atoms with van der Waals surface area (Å²) in [6.07, 6.45) is 2.55. The molecular formula is C18H20FN3O2S. The van der Waals surface area contributed by atoms with Crippen LogP contribution in [0.1, 0.15) is 11.1 Å². The highest BCUT2D eigenvalue weighted by Crippen LogP contribution is 2.30. The molecule has 0 atom stereocenters. The van der Waals surface area contributed by atoms with Gasteiger partial charge < -0.3 is 20.7 Å². The second-order valence-corrected chi connectivity index (χ2v) is 6.49. The molecule has 0 radical (unpaired) electrons. The van der Waals surface area contributed by atoms with E-state index in [1.165, 1.54) is 11.8 Å². The van der Waals surface area contributed by atoms with Gasteiger partial charge in [0.1, 0.15) is 11.6 Å². The first-order chi connectivity index (χ1) is 12.1. The van der Waals surface area contributed by atoms with Crippen LogP contribution in [0, 0.1) is 5.82 Å². The van der Waals surface area contributed by atoms with Gasteiger partial charge in [-0.15, -0.1) is 11.8 Å². The van der Waals surface area contributed by atoms with Crippen LogP contribution in [0.5, 0.6) is 5.75 Å². The van der Waals surface area contributed by atoms with Crippen LogP contribution in [-0.2, 0) is 13.0 Å². The Labute approximate surface area is 150 Å². The van der Waals surface area contributed by atoms with E-state index in [4.69, 9.17) is 4.74 Å². The van der Waals surface area contributed by atoms with Gasteiger partial charge in [0.25, 0.3) is 0 Å². The van der Waals surface area contributed by atoms with E-state index in [9.17, 15) is 9.18 Å². The molecule has 0 fully saturated rings. The van der Waals surface area contributed by atoms with Crippen molar-refractivity contribution >= 4 is 29.2 Å². The molecule has 25 heavy (non-hydrogen) atoms. The van der Waals surface area contributed by atoms with Crippen molar-refractivity contribution in [3.05, 3.63) is 47.3 Å². The SMILES string of the molecule is COc1ccc(NC(=O)Nc2ccc3c(c2F)CCNC3)cc1SC. The minimum absolute atomic E-state index is 0.191. The van der Waals surface area contributed by atoms with Crippen molar-refractivity contribution in [2.24, 2.45) is 0 Å². The molecule has 0 saturated carbocycles. The number of anilines is 2. The summed E-state index contributed by atoms with van der Waals surface area (Å²) < 4.78 is 19.8. The van der Waals surface area contributed by atoms with Gasteiger partial charge in [0.05, 0.1) is 17.7 Å². The second kappa shape index (κ2) is 7.76. The number of rotatable bonds is 4. The zero-order valence-corrected chi connectivity index (χ0v) is 14.9. The van der Waals surface area contributed by atoms with Gasteiger partial charge in [0, 0.05) is 12.2 Å². The monoisotopic (exact) mass is 361 g/mol. The molecular weight excluding hydrogens is 341 g/mol. The Morgan fingerprint density at radius 2 is 2.12 bits per heavy atom. The minimum Gasteiger partial charge on any atom is -0.496 e. The second-order valence-electron chi connectivity index (χ2n) is 5.64. The third-order valence-corrected chi connectivity index (χ3v) is 4.86. The highest BCUT2D eigenvalue weighted by Gasteiger charge is 2.17. The van der Waals surface area contributed by atoms with Gasteiger partial charge in [-0.05, 0) is 54.6 Å². The van der Waals surface area contributed by atoms with Gasteiger partial charge in [0.15, 0.2) is 0 Å². The molecule has 0 spiro atoms. The Kier molecular flexibility index (Phi) is 5.45. The Balaban J connectivity index is 1.73. The fourth-order valence-corrected chi connectivity index (χ4v) is 3.43. The molecule has 3 rings (SSSR count). The van der Waals surface area contributed by atoms with Crippen LogP contribution >= 0.6 is 11.8 Å². The molecule has 1 heterocycles. The Morgan fingerprint density at radius 1 is 1.28 bits per heavy atom. The lowest BCUT2D eigenvalue weighted by atomic mass is 9.99. The van der Waals surface area contributed by atoms with Gasteiger partial charge in [0.2, 0.25) is 0 Å². The standard InChI is InChI=1S/C18H20FN3O2S/c1-24-15-6-4-12(9-16(15)25-2)21-18(23)22-14-5-3-11-10-20-8-7-13(11)17(14)19/h3-6,9,20H,7-8,10H2,1-2H3,(H2,21,22,23). The summed E-state index contributed by atoms with van der Waals surface area (Å²) in [5.41, 5.74) is 2.42. The average molecular weight is 361 g/mol. The molecule has 2 aromatic carbocycles. The number of carbonyl (C=O) groups is 1. The molecule has 2 amide bonds. The number of nitrogens with one attached hydrogen (secondary N) is 3. The van der Waals surface area contributed by atoms with E-state index < -0.39 is 6.03 Å². The van der Waals surface area contributed by atoms with Crippen LogP contribution in [0.25, 0.3) is 0 Å². The van der Waals surface area contributed by atoms with Crippen molar-refractivity contribution in [1.29, 1.82) is 0 Å². The van der Waals surface area contributed by atoms with Gasteiger partial charge in [-0.25, -0.2) is 9.18 Å². The maximum atomic E-state index is 14.6. The van der Waals surface area contributed by atoms with Crippen LogP contribution in [-0.4, -0.2) is 25.9 Å². The molecule has 0 saturated heterocycles. The first-order valence-corrected chi connectivity index (χ1v) is 9.16. The van der Waals surface area contributed by atoms with E-state index >= 15 is 0 Å². The van der Waals surface area contributed by atoms with E-state index in [2.05, 4.69) is 16.0 Å². The van der Waals surface area contributed by atoms with Crippen molar-refractivity contribution in [3.8, 4) is 5.75 Å². The predicted octanol–water partition coefficient (Wildman–Crippen LogP) is 3.85. The Morgan fingerprint density at radius 3 is 2.88 bits per heavy atom. The molecule has 1 aliphatic heterocycles. The van der Waals surface area contributed by atoms with Crippen LogP contribution in [0.4, 0.5) is 20.6 Å². The van der Waals surface area contributed by atoms with E-state index in [1.54, 1.807) is 25.3 Å². The van der Waals surface area contributed by atoms with Crippen molar-refractivity contribution in [3.63, 3.8) is 0 Å². The van der Waals surface area contributed by atoms with Gasteiger partial charge >= 0.3 is 6.03 Å². The lowest BCUT2D eigenvalue weighted by Gasteiger charge is -2.19. The summed E-state index contributed by atoms with van der Waals surface area (Å²) in [6, 6.07) is 8.31. The zero-order chi connectivity index (χ0) is 17.8. The van der Waals surface area contributed by atoms with Crippen LogP contribution < -0.4 is 20.7 Å². The van der Waals surface area contributed by atoms with Gasteiger partial charge in [-0.2, -0.15) is 0 Å². The maximum Gasteiger partial charge on any atom is 0.323 e. The largest absolute Gasteiger partial charge is 0.496 e. The number of amides is 2. The van der Waals surface area contributed by atoms with E-state index in [0.717, 1.165) is 22.8 Å². The zero-order valence-electron chi connectivity index (χ0n) is 14.1. The van der Waals surface area contributed by atoms with Crippen molar-refractivity contribution in [1.82, 2.24) is 5.32 Å². The van der Waals surface area contributed by atoms with Crippen molar-refractivity contribution in [2.45, 2.75) is 17.9 Å². The fourth-order valence-electron chi connectivity index (χ4n) is 2.83. The summed E-state index contributed by atoms with van der Waals surface area (Å²) in [4.78, 5) is 13.1. The summed E-state index contributed by atoms with van der Waals surface area (Å²) in [5, 5.41) is 8.52. The van der Waals surface area contributed by atoms with Crippen LogP contribution in [0.15, 0.2) is 35.2 Å². The van der Waals surface area contributed by atoms with Crippen LogP contribution in [0.2, 0.25) is 0 Å². The minimum atomic E-state index is -0.481. The quantitative estimate of drug-likeness (QED) is 0.724. The van der Waals surface area contributed by atoms with Crippen LogP contribution in [0.3, 0.4) is 0 Å². The molecule has 0 unspecified atom stereocenters. The number of thioether (sulfide) groups is 1. The maximum absolute atomic E-state index is 14.6. The van der Waals surface area contributed by atoms with Crippen molar-refractivity contribution < 1.29 is 13.9 Å². The molecule has 0 aromatic heterocycles. The molecule has 3 N–H and O–H groups in total. The highest BCUT2D eigenvalue weighted by atomic mass is 32.2. The number of carbonyl (C=O) groups excluding carboxylic acids is 1. The number of urea groups is 1. The highest BCUT2D eigenvalue weighted by molar-refractivity contribution is 7.98. The third kappa shape index (κ3) is 3.88. The molecule has 5 nitrogen and oxygen atoms in total. The Bertz CT molecular complexity index is 798. The van der Waals surface area contributed by atoms with Crippen molar-refractivity contribution in [2.75, 3.05) is 30.5 Å². The topological polar surface area (TPSA) is 62.4 Å². The molecule has 0 aliphatic carbocycles.